The van der Waals surface area contributed by atoms with Gasteiger partial charge in [0, 0.05) is 37.2 Å². The minimum atomic E-state index is 0.637. The maximum Gasteiger partial charge on any atom is 0.236 e. The highest BCUT2D eigenvalue weighted by molar-refractivity contribution is 7.26. The Hall–Kier alpha value is -5.52. The number of rotatable bonds is 2. The molecule has 0 radical (unpaired) electrons. The molecule has 0 atom stereocenters. The van der Waals surface area contributed by atoms with E-state index in [1.807, 2.05) is 12.1 Å². The van der Waals surface area contributed by atoms with Gasteiger partial charge in [-0.2, -0.15) is 0 Å². The average Bonchev–Trinajstić information content (AvgIpc) is 3.75. The van der Waals surface area contributed by atoms with E-state index in [4.69, 9.17) is 14.4 Å². The molecule has 4 heterocycles. The predicted octanol–water partition coefficient (Wildman–Crippen LogP) is 10.7. The molecule has 200 valence electrons. The van der Waals surface area contributed by atoms with Gasteiger partial charge < -0.3 is 4.42 Å². The van der Waals surface area contributed by atoms with Gasteiger partial charge in [-0.05, 0) is 29.0 Å². The van der Waals surface area contributed by atoms with Gasteiger partial charge in [0.25, 0.3) is 0 Å². The van der Waals surface area contributed by atoms with E-state index >= 15 is 0 Å². The van der Waals surface area contributed by atoms with Gasteiger partial charge in [-0.3, -0.25) is 4.57 Å². The quantitative estimate of drug-likeness (QED) is 0.209. The van der Waals surface area contributed by atoms with Crippen molar-refractivity contribution in [1.29, 1.82) is 0 Å². The van der Waals surface area contributed by atoms with Crippen LogP contribution < -0.4 is 0 Å². The first-order valence-electron chi connectivity index (χ1n) is 14.4. The average molecular weight is 568 g/mol. The number of hydrogen-bond donors (Lipinski definition) is 0. The third-order valence-electron chi connectivity index (χ3n) is 8.61. The summed E-state index contributed by atoms with van der Waals surface area (Å²) in [6.45, 7) is 0. The molecule has 0 unspecified atom stereocenters. The lowest BCUT2D eigenvalue weighted by Crippen LogP contribution is -2.03. The van der Waals surface area contributed by atoms with Gasteiger partial charge in [0.1, 0.15) is 11.1 Å². The Labute approximate surface area is 249 Å². The van der Waals surface area contributed by atoms with E-state index in [9.17, 15) is 0 Å². The van der Waals surface area contributed by atoms with Crippen molar-refractivity contribution in [3.8, 4) is 17.2 Å². The molecule has 0 aliphatic rings. The first-order valence-corrected chi connectivity index (χ1v) is 15.2. The molecule has 4 aromatic heterocycles. The van der Waals surface area contributed by atoms with Crippen LogP contribution in [0.15, 0.2) is 132 Å². The lowest BCUT2D eigenvalue weighted by Gasteiger charge is -2.11. The molecule has 0 saturated carbocycles. The molecule has 5 heteroatoms. The Morgan fingerprint density at radius 1 is 0.558 bits per heavy atom. The largest absolute Gasteiger partial charge is 0.454 e. The molecule has 0 spiro atoms. The summed E-state index contributed by atoms with van der Waals surface area (Å²) < 4.78 is 11.3. The molecule has 0 saturated heterocycles. The number of furan rings is 1. The van der Waals surface area contributed by atoms with E-state index < -0.39 is 0 Å². The Kier molecular flexibility index (Phi) is 4.57. The topological polar surface area (TPSA) is 43.9 Å². The van der Waals surface area contributed by atoms with Crippen LogP contribution in [0, 0.1) is 0 Å². The van der Waals surface area contributed by atoms with E-state index in [0.29, 0.717) is 5.95 Å². The van der Waals surface area contributed by atoms with Crippen molar-refractivity contribution in [2.45, 2.75) is 0 Å². The second-order valence-corrected chi connectivity index (χ2v) is 12.0. The molecular formula is C38H21N3OS. The van der Waals surface area contributed by atoms with Crippen molar-refractivity contribution >= 4 is 86.2 Å². The standard InChI is InChI=1S/C38H21N3OS/c1-2-12-22(13-3-1)33-37-34(27-18-8-11-21-30(27)43-37)40-38(39-33)41-28-19-9-6-16-25(28)31-23-14-4-5-15-24(23)32-26-17-7-10-20-29(26)42-36(32)35(31)41/h1-21H. The van der Waals surface area contributed by atoms with Crippen LogP contribution in [-0.4, -0.2) is 14.5 Å². The SMILES string of the molecule is c1ccc(-c2nc(-n3c4ccccc4c4c5ccccc5c5c6ccccc6oc5c43)nc3c2sc2ccccc23)cc1. The van der Waals surface area contributed by atoms with Crippen LogP contribution >= 0.6 is 11.3 Å². The molecule has 0 fully saturated rings. The van der Waals surface area contributed by atoms with Gasteiger partial charge >= 0.3 is 0 Å². The maximum atomic E-state index is 6.75. The summed E-state index contributed by atoms with van der Waals surface area (Å²) in [6.07, 6.45) is 0. The summed E-state index contributed by atoms with van der Waals surface area (Å²) in [5.41, 5.74) is 6.75. The molecule has 0 amide bonds. The zero-order valence-corrected chi connectivity index (χ0v) is 23.6. The number of benzene rings is 6. The van der Waals surface area contributed by atoms with Crippen molar-refractivity contribution < 1.29 is 4.42 Å². The zero-order valence-electron chi connectivity index (χ0n) is 22.8. The second-order valence-electron chi connectivity index (χ2n) is 10.9. The lowest BCUT2D eigenvalue weighted by molar-refractivity contribution is 0.671. The molecule has 0 aliphatic heterocycles. The maximum absolute atomic E-state index is 6.75. The van der Waals surface area contributed by atoms with E-state index in [2.05, 4.69) is 120 Å². The van der Waals surface area contributed by atoms with Crippen molar-refractivity contribution in [3.05, 3.63) is 127 Å². The number of hydrogen-bond acceptors (Lipinski definition) is 4. The number of para-hydroxylation sites is 2. The van der Waals surface area contributed by atoms with Crippen LogP contribution in [0.25, 0.3) is 92.0 Å². The van der Waals surface area contributed by atoms with E-state index in [-0.39, 0.29) is 0 Å². The smallest absolute Gasteiger partial charge is 0.236 e. The van der Waals surface area contributed by atoms with Crippen LogP contribution in [0.3, 0.4) is 0 Å². The molecule has 0 aliphatic carbocycles. The fraction of sp³-hybridized carbons (Fsp3) is 0. The minimum Gasteiger partial charge on any atom is -0.454 e. The lowest BCUT2D eigenvalue weighted by atomic mass is 9.99. The summed E-state index contributed by atoms with van der Waals surface area (Å²) in [7, 11) is 0. The Morgan fingerprint density at radius 3 is 2.05 bits per heavy atom. The van der Waals surface area contributed by atoms with Gasteiger partial charge in [-0.15, -0.1) is 11.3 Å². The predicted molar refractivity (Wildman–Crippen MR) is 179 cm³/mol. The van der Waals surface area contributed by atoms with Gasteiger partial charge in [0.15, 0.2) is 5.58 Å². The van der Waals surface area contributed by atoms with Gasteiger partial charge in [-0.25, -0.2) is 9.97 Å². The summed E-state index contributed by atoms with van der Waals surface area (Å²) in [4.78, 5) is 10.7. The fourth-order valence-electron chi connectivity index (χ4n) is 6.80. The van der Waals surface area contributed by atoms with Crippen LogP contribution in [-0.2, 0) is 0 Å². The number of thiophene rings is 1. The summed E-state index contributed by atoms with van der Waals surface area (Å²) in [5.74, 6) is 0.637. The van der Waals surface area contributed by atoms with Gasteiger partial charge in [0.2, 0.25) is 5.95 Å². The second kappa shape index (κ2) is 8.51. The molecule has 10 aromatic rings. The highest BCUT2D eigenvalue weighted by Crippen LogP contribution is 2.46. The third kappa shape index (κ3) is 3.09. The number of nitrogens with zero attached hydrogens (tertiary/aromatic N) is 3. The number of aromatic nitrogens is 3. The van der Waals surface area contributed by atoms with Crippen LogP contribution in [0.1, 0.15) is 0 Å². The first-order chi connectivity index (χ1) is 21.3. The van der Waals surface area contributed by atoms with Crippen LogP contribution in [0.2, 0.25) is 0 Å². The summed E-state index contributed by atoms with van der Waals surface area (Å²) in [6, 6.07) is 44.5. The van der Waals surface area contributed by atoms with Crippen molar-refractivity contribution in [2.24, 2.45) is 0 Å². The van der Waals surface area contributed by atoms with Gasteiger partial charge in [-0.1, -0.05) is 109 Å². The van der Waals surface area contributed by atoms with Crippen LogP contribution in [0.4, 0.5) is 0 Å². The zero-order chi connectivity index (χ0) is 28.1. The Morgan fingerprint density at radius 2 is 1.21 bits per heavy atom. The molecule has 0 N–H and O–H groups in total. The Bertz CT molecular complexity index is 2730. The fourth-order valence-corrected chi connectivity index (χ4v) is 7.96. The molecule has 0 bridgehead atoms. The normalized spacial score (nSPS) is 12.2. The highest BCUT2D eigenvalue weighted by Gasteiger charge is 2.25. The van der Waals surface area contributed by atoms with Crippen molar-refractivity contribution in [2.75, 3.05) is 0 Å². The molecular weight excluding hydrogens is 547 g/mol. The number of fused-ring (bicyclic) bond motifs is 13. The first kappa shape index (κ1) is 23.1. The highest BCUT2D eigenvalue weighted by atomic mass is 32.1. The van der Waals surface area contributed by atoms with Crippen LogP contribution in [0.5, 0.6) is 0 Å². The van der Waals surface area contributed by atoms with Gasteiger partial charge in [0.05, 0.1) is 21.4 Å². The monoisotopic (exact) mass is 567 g/mol. The molecule has 43 heavy (non-hydrogen) atoms. The molecule has 4 nitrogen and oxygen atoms in total. The minimum absolute atomic E-state index is 0.637. The third-order valence-corrected chi connectivity index (χ3v) is 9.77. The van der Waals surface area contributed by atoms with Crippen molar-refractivity contribution in [3.63, 3.8) is 0 Å². The Balaban J connectivity index is 1.46. The van der Waals surface area contributed by atoms with Crippen molar-refractivity contribution in [1.82, 2.24) is 14.5 Å². The molecule has 6 aromatic carbocycles. The van der Waals surface area contributed by atoms with E-state index in [0.717, 1.165) is 70.6 Å². The summed E-state index contributed by atoms with van der Waals surface area (Å²) in [5, 5.41) is 8.04. The summed E-state index contributed by atoms with van der Waals surface area (Å²) >= 11 is 1.75. The van der Waals surface area contributed by atoms with E-state index in [1.54, 1.807) is 11.3 Å². The van der Waals surface area contributed by atoms with E-state index in [1.165, 1.54) is 15.5 Å². The molecule has 10 rings (SSSR count).